The Bertz CT molecular complexity index is 1060. The van der Waals surface area contributed by atoms with E-state index in [1.165, 1.54) is 36.0 Å². The first-order valence-electron chi connectivity index (χ1n) is 8.08. The lowest BCUT2D eigenvalue weighted by molar-refractivity contribution is -0.536. The van der Waals surface area contributed by atoms with E-state index < -0.39 is 27.2 Å². The summed E-state index contributed by atoms with van der Waals surface area (Å²) in [6.07, 6.45) is -1.33. The molecule has 0 fully saturated rings. The molecule has 8 nitrogen and oxygen atoms in total. The van der Waals surface area contributed by atoms with Crippen molar-refractivity contribution in [1.82, 2.24) is 4.98 Å². The van der Waals surface area contributed by atoms with Crippen molar-refractivity contribution in [3.63, 3.8) is 0 Å². The normalized spacial score (nSPS) is 21.6. The van der Waals surface area contributed by atoms with Gasteiger partial charge in [0, 0.05) is 28.0 Å². The highest BCUT2D eigenvalue weighted by Crippen LogP contribution is 2.49. The van der Waals surface area contributed by atoms with Crippen LogP contribution in [0.1, 0.15) is 22.5 Å². The van der Waals surface area contributed by atoms with Gasteiger partial charge in [0.2, 0.25) is 0 Å². The highest BCUT2D eigenvalue weighted by atomic mass is 32.2. The van der Waals surface area contributed by atoms with Gasteiger partial charge in [-0.05, 0) is 17.7 Å². The molecule has 0 unspecified atom stereocenters. The molecule has 1 aliphatic rings. The van der Waals surface area contributed by atoms with Gasteiger partial charge in [-0.3, -0.25) is 20.2 Å². The number of para-hydroxylation sites is 1. The molecule has 0 radical (unpaired) electrons. The summed E-state index contributed by atoms with van der Waals surface area (Å²) < 4.78 is 0. The number of aliphatic hydroxyl groups excluding tert-OH is 1. The third-order valence-electron chi connectivity index (χ3n) is 4.58. The molecule has 1 aliphatic heterocycles. The van der Waals surface area contributed by atoms with E-state index in [2.05, 4.69) is 4.98 Å². The molecule has 1 N–H and O–H groups in total. The van der Waals surface area contributed by atoms with E-state index in [-0.39, 0.29) is 5.69 Å². The van der Waals surface area contributed by atoms with Gasteiger partial charge in [-0.1, -0.05) is 42.1 Å². The molecule has 0 amide bonds. The SMILES string of the molecule is O=[N+]([O-])c1ccc([C@H]2Sc3nc4ccccc4cc3[C@@H](O)[C@@H]2[N+](=O)[O-])cc1. The molecule has 9 heteroatoms. The first-order valence-corrected chi connectivity index (χ1v) is 8.96. The summed E-state index contributed by atoms with van der Waals surface area (Å²) in [7, 11) is 0. The molecule has 0 spiro atoms. The Kier molecular flexibility index (Phi) is 4.25. The molecule has 4 rings (SSSR count). The number of non-ortho nitro benzene ring substituents is 1. The molecule has 1 aromatic heterocycles. The Balaban J connectivity index is 1.81. The van der Waals surface area contributed by atoms with Crippen molar-refractivity contribution in [2.75, 3.05) is 0 Å². The van der Waals surface area contributed by atoms with Crippen LogP contribution in [0.5, 0.6) is 0 Å². The molecule has 136 valence electrons. The van der Waals surface area contributed by atoms with Crippen molar-refractivity contribution in [2.45, 2.75) is 22.4 Å². The average Bonchev–Trinajstić information content (AvgIpc) is 2.66. The monoisotopic (exact) mass is 383 g/mol. The second-order valence-corrected chi connectivity index (χ2v) is 7.31. The van der Waals surface area contributed by atoms with Crippen LogP contribution < -0.4 is 0 Å². The number of rotatable bonds is 3. The van der Waals surface area contributed by atoms with E-state index in [9.17, 15) is 25.3 Å². The first-order chi connectivity index (χ1) is 13.0. The summed E-state index contributed by atoms with van der Waals surface area (Å²) in [5, 5.41) is 33.9. The van der Waals surface area contributed by atoms with E-state index in [0.29, 0.717) is 16.2 Å². The Morgan fingerprint density at radius 1 is 1.04 bits per heavy atom. The fourth-order valence-electron chi connectivity index (χ4n) is 3.24. The molecule has 2 aromatic carbocycles. The van der Waals surface area contributed by atoms with Crippen molar-refractivity contribution in [3.05, 3.63) is 86.0 Å². The van der Waals surface area contributed by atoms with E-state index in [4.69, 9.17) is 0 Å². The van der Waals surface area contributed by atoms with Crippen LogP contribution in [0, 0.1) is 20.2 Å². The predicted octanol–water partition coefficient (Wildman–Crippen LogP) is 3.67. The number of nitro benzene ring substituents is 1. The van der Waals surface area contributed by atoms with Gasteiger partial charge in [0.25, 0.3) is 11.7 Å². The molecular formula is C18H13N3O5S. The van der Waals surface area contributed by atoms with Crippen molar-refractivity contribution in [2.24, 2.45) is 0 Å². The van der Waals surface area contributed by atoms with Gasteiger partial charge >= 0.3 is 0 Å². The minimum atomic E-state index is -1.33. The molecule has 27 heavy (non-hydrogen) atoms. The van der Waals surface area contributed by atoms with Crippen LogP contribution in [-0.2, 0) is 0 Å². The van der Waals surface area contributed by atoms with Gasteiger partial charge in [-0.25, -0.2) is 4.98 Å². The molecule has 3 atom stereocenters. The van der Waals surface area contributed by atoms with Gasteiger partial charge in [0.05, 0.1) is 10.4 Å². The number of hydrogen-bond donors (Lipinski definition) is 1. The number of fused-ring (bicyclic) bond motifs is 2. The number of pyridine rings is 1. The lowest BCUT2D eigenvalue weighted by Crippen LogP contribution is -2.35. The predicted molar refractivity (Wildman–Crippen MR) is 99.2 cm³/mol. The maximum absolute atomic E-state index is 11.7. The number of nitrogens with zero attached hydrogens (tertiary/aromatic N) is 3. The van der Waals surface area contributed by atoms with Gasteiger partial charge in [0.15, 0.2) is 6.10 Å². The number of nitro groups is 2. The molecule has 3 aromatic rings. The molecule has 2 heterocycles. The first kappa shape index (κ1) is 17.4. The maximum Gasteiger partial charge on any atom is 0.269 e. The van der Waals surface area contributed by atoms with Crippen molar-refractivity contribution in [1.29, 1.82) is 0 Å². The molecule has 0 aliphatic carbocycles. The fourth-order valence-corrected chi connectivity index (χ4v) is 4.63. The average molecular weight is 383 g/mol. The topological polar surface area (TPSA) is 119 Å². The quantitative estimate of drug-likeness (QED) is 0.541. The van der Waals surface area contributed by atoms with Crippen LogP contribution in [-0.4, -0.2) is 26.0 Å². The number of thioether (sulfide) groups is 1. The number of aliphatic hydroxyl groups is 1. The smallest absolute Gasteiger partial charge is 0.269 e. The Morgan fingerprint density at radius 2 is 1.74 bits per heavy atom. The van der Waals surface area contributed by atoms with E-state index in [0.717, 1.165) is 10.9 Å². The minimum absolute atomic E-state index is 0.0951. The summed E-state index contributed by atoms with van der Waals surface area (Å²) in [6, 6.07) is 13.4. The zero-order valence-corrected chi connectivity index (χ0v) is 14.6. The zero-order chi connectivity index (χ0) is 19.1. The van der Waals surface area contributed by atoms with Crippen LogP contribution in [0.4, 0.5) is 5.69 Å². The van der Waals surface area contributed by atoms with Crippen LogP contribution >= 0.6 is 11.8 Å². The van der Waals surface area contributed by atoms with Crippen LogP contribution in [0.3, 0.4) is 0 Å². The largest absolute Gasteiger partial charge is 0.381 e. The van der Waals surface area contributed by atoms with Crippen molar-refractivity contribution < 1.29 is 15.0 Å². The van der Waals surface area contributed by atoms with Crippen LogP contribution in [0.25, 0.3) is 10.9 Å². The number of benzene rings is 2. The standard InChI is InChI=1S/C18H13N3O5S/c22-16-13-9-11-3-1-2-4-14(11)19-18(13)27-17(15(16)21(25)26)10-5-7-12(8-6-10)20(23)24/h1-9,15-17,22H/t15-,16+,17+/m0/s1. The van der Waals surface area contributed by atoms with Crippen LogP contribution in [0.2, 0.25) is 0 Å². The lowest BCUT2D eigenvalue weighted by atomic mass is 9.95. The van der Waals surface area contributed by atoms with Gasteiger partial charge < -0.3 is 5.11 Å². The zero-order valence-electron chi connectivity index (χ0n) is 13.8. The van der Waals surface area contributed by atoms with Gasteiger partial charge in [-0.15, -0.1) is 0 Å². The van der Waals surface area contributed by atoms with Crippen LogP contribution in [0.15, 0.2) is 59.6 Å². The third kappa shape index (κ3) is 3.00. The van der Waals surface area contributed by atoms with Gasteiger partial charge in [0.1, 0.15) is 10.3 Å². The number of aromatic nitrogens is 1. The maximum atomic E-state index is 11.7. The fraction of sp³-hybridized carbons (Fsp3) is 0.167. The molecular weight excluding hydrogens is 370 g/mol. The lowest BCUT2D eigenvalue weighted by Gasteiger charge is -2.30. The third-order valence-corrected chi connectivity index (χ3v) is 5.94. The Morgan fingerprint density at radius 3 is 2.41 bits per heavy atom. The Labute approximate surface area is 157 Å². The second-order valence-electron chi connectivity index (χ2n) is 6.18. The van der Waals surface area contributed by atoms with Crippen molar-refractivity contribution >= 4 is 28.4 Å². The highest BCUT2D eigenvalue weighted by Gasteiger charge is 2.46. The van der Waals surface area contributed by atoms with E-state index in [1.807, 2.05) is 24.3 Å². The second kappa shape index (κ2) is 6.60. The molecule has 0 bridgehead atoms. The summed E-state index contributed by atoms with van der Waals surface area (Å²) >= 11 is 1.20. The summed E-state index contributed by atoms with van der Waals surface area (Å²) in [5.74, 6) is 0. The molecule has 0 saturated carbocycles. The minimum Gasteiger partial charge on any atom is -0.381 e. The Hall–Kier alpha value is -3.04. The summed E-state index contributed by atoms with van der Waals surface area (Å²) in [6.45, 7) is 0. The van der Waals surface area contributed by atoms with E-state index in [1.54, 1.807) is 6.07 Å². The van der Waals surface area contributed by atoms with E-state index >= 15 is 0 Å². The summed E-state index contributed by atoms with van der Waals surface area (Å²) in [5.41, 5.74) is 1.60. The molecule has 0 saturated heterocycles. The summed E-state index contributed by atoms with van der Waals surface area (Å²) in [4.78, 5) is 26.1. The van der Waals surface area contributed by atoms with Gasteiger partial charge in [-0.2, -0.15) is 0 Å². The number of hydrogen-bond acceptors (Lipinski definition) is 7. The van der Waals surface area contributed by atoms with Crippen molar-refractivity contribution in [3.8, 4) is 0 Å². The highest BCUT2D eigenvalue weighted by molar-refractivity contribution is 7.99.